The van der Waals surface area contributed by atoms with Crippen molar-refractivity contribution < 1.29 is 34.9 Å². The van der Waals surface area contributed by atoms with Gasteiger partial charge in [-0.15, -0.1) is 64.7 Å². The number of aromatic nitrogens is 2. The van der Waals surface area contributed by atoms with Crippen molar-refractivity contribution in [1.82, 2.24) is 9.97 Å². The van der Waals surface area contributed by atoms with Crippen molar-refractivity contribution in [3.8, 4) is 34.0 Å². The number of hydrogen-bond acceptors (Lipinski definition) is 4. The molecule has 0 saturated carbocycles. The summed E-state index contributed by atoms with van der Waals surface area (Å²) in [7, 11) is 3.26. The largest absolute Gasteiger partial charge is 2.00 e. The molecule has 1 aliphatic heterocycles. The zero-order chi connectivity index (χ0) is 25.0. The molecule has 8 bridgehead atoms. The van der Waals surface area contributed by atoms with Crippen LogP contribution in [-0.4, -0.2) is 24.2 Å². The summed E-state index contributed by atoms with van der Waals surface area (Å²) in [6, 6.07) is 23.5. The van der Waals surface area contributed by atoms with Gasteiger partial charge < -0.3 is 19.4 Å². The number of ether oxygens (including phenoxy) is 2. The van der Waals surface area contributed by atoms with Crippen LogP contribution in [0.15, 0.2) is 54.6 Å². The smallest absolute Gasteiger partial charge is 0.497 e. The zero-order valence-corrected chi connectivity index (χ0v) is 23.4. The Bertz CT molecular complexity index is 1450. The van der Waals surface area contributed by atoms with E-state index in [9.17, 15) is 4.39 Å². The van der Waals surface area contributed by atoms with E-state index in [-0.39, 0.29) is 26.9 Å². The summed E-state index contributed by atoms with van der Waals surface area (Å²) in [6.07, 6.45) is 0. The molecule has 0 amide bonds. The van der Waals surface area contributed by atoms with Crippen molar-refractivity contribution in [3.63, 3.8) is 0 Å². The Morgan fingerprint density at radius 2 is 1.25 bits per heavy atom. The maximum Gasteiger partial charge on any atom is 2.00 e. The summed E-state index contributed by atoms with van der Waals surface area (Å²) in [5.74, 6) is 0.990. The van der Waals surface area contributed by atoms with Gasteiger partial charge in [-0.05, 0) is 42.8 Å². The molecular weight excluding hydrogens is 634 g/mol. The predicted molar refractivity (Wildman–Crippen MR) is 134 cm³/mol. The molecule has 0 radical (unpaired) electrons. The van der Waals surface area contributed by atoms with Crippen LogP contribution in [0, 0.1) is 17.9 Å². The summed E-state index contributed by atoms with van der Waals surface area (Å²) in [5.41, 5.74) is 4.70. The molecule has 2 aromatic heterocycles. The van der Waals surface area contributed by atoms with Crippen LogP contribution in [0.3, 0.4) is 0 Å². The zero-order valence-electron chi connectivity index (χ0n) is 21.1. The summed E-state index contributed by atoms with van der Waals surface area (Å²) >= 11 is 0. The summed E-state index contributed by atoms with van der Waals surface area (Å²) in [5, 5.41) is 0. The van der Waals surface area contributed by atoms with Gasteiger partial charge in [0.05, 0.1) is 14.2 Å². The van der Waals surface area contributed by atoms with Crippen molar-refractivity contribution in [2.45, 2.75) is 38.5 Å². The van der Waals surface area contributed by atoms with Gasteiger partial charge in [0.25, 0.3) is 0 Å². The Balaban J connectivity index is 0.00000304. The quantitative estimate of drug-likeness (QED) is 0.229. The molecule has 36 heavy (non-hydrogen) atoms. The molecule has 0 saturated heterocycles. The second-order valence-corrected chi connectivity index (χ2v) is 9.91. The van der Waals surface area contributed by atoms with Crippen molar-refractivity contribution in [3.05, 3.63) is 95.1 Å². The Morgan fingerprint density at radius 3 is 1.83 bits per heavy atom. The molecule has 0 fully saturated rings. The molecule has 4 aromatic rings. The van der Waals surface area contributed by atoms with Gasteiger partial charge in [0, 0.05) is 34.8 Å². The fourth-order valence-corrected chi connectivity index (χ4v) is 4.43. The molecule has 3 heterocycles. The van der Waals surface area contributed by atoms with E-state index >= 15 is 0 Å². The molecule has 1 aliphatic rings. The predicted octanol–water partition coefficient (Wildman–Crippen LogP) is 6.53. The topological polar surface area (TPSA) is 44.2 Å². The molecule has 2 aromatic carbocycles. The maximum atomic E-state index is 15.0. The van der Waals surface area contributed by atoms with Crippen LogP contribution < -0.4 is 9.47 Å². The second kappa shape index (κ2) is 9.44. The van der Waals surface area contributed by atoms with Gasteiger partial charge in [0.15, 0.2) is 0 Å². The summed E-state index contributed by atoms with van der Waals surface area (Å²) in [6.45, 7) is 8.20. The Morgan fingerprint density at radius 1 is 0.694 bits per heavy atom. The second-order valence-electron chi connectivity index (χ2n) is 9.91. The van der Waals surface area contributed by atoms with E-state index in [1.165, 1.54) is 12.1 Å². The summed E-state index contributed by atoms with van der Waals surface area (Å²) in [4.78, 5) is 9.99. The molecule has 4 nitrogen and oxygen atoms in total. The molecule has 5 rings (SSSR count). The summed E-state index contributed by atoms with van der Waals surface area (Å²) < 4.78 is 26.2. The fraction of sp³-hybridized carbons (Fsp3) is 0.267. The standard InChI is InChI=1S/C30H27FN2O2.Pt/c1-29(2)20-9-7-8-18(10-20)25-14-23(34-5)16-27(32-25)30(3,4)28-17-24(35-6)15-26(33-28)19-11-21(29)13-22(31)12-19;/h7-9,12-17H,1-6H3;/q-2;+2. The van der Waals surface area contributed by atoms with Crippen molar-refractivity contribution in [2.24, 2.45) is 0 Å². The van der Waals surface area contributed by atoms with Crippen LogP contribution in [0.1, 0.15) is 50.2 Å². The van der Waals surface area contributed by atoms with E-state index < -0.39 is 10.8 Å². The maximum absolute atomic E-state index is 15.0. The van der Waals surface area contributed by atoms with Crippen LogP contribution >= 0.6 is 0 Å². The number of rotatable bonds is 2. The van der Waals surface area contributed by atoms with E-state index in [4.69, 9.17) is 19.4 Å². The van der Waals surface area contributed by atoms with E-state index in [0.717, 1.165) is 28.2 Å². The first-order valence-corrected chi connectivity index (χ1v) is 11.5. The minimum absolute atomic E-state index is 0. The normalized spacial score (nSPS) is 14.8. The minimum atomic E-state index is -0.607. The number of benzene rings is 2. The number of halogens is 1. The third kappa shape index (κ3) is 4.46. The molecule has 0 unspecified atom stereocenters. The van der Waals surface area contributed by atoms with Crippen LogP contribution in [0.25, 0.3) is 22.5 Å². The van der Waals surface area contributed by atoms with E-state index in [1.54, 1.807) is 14.2 Å². The molecule has 0 N–H and O–H groups in total. The molecule has 6 heteroatoms. The molecule has 0 spiro atoms. The van der Waals surface area contributed by atoms with Gasteiger partial charge in [0.2, 0.25) is 0 Å². The van der Waals surface area contributed by atoms with Gasteiger partial charge in [-0.1, -0.05) is 13.8 Å². The van der Waals surface area contributed by atoms with Crippen molar-refractivity contribution in [1.29, 1.82) is 0 Å². The monoisotopic (exact) mass is 661 g/mol. The van der Waals surface area contributed by atoms with E-state index in [0.29, 0.717) is 28.3 Å². The minimum Gasteiger partial charge on any atom is -0.497 e. The van der Waals surface area contributed by atoms with Crippen molar-refractivity contribution >= 4 is 0 Å². The number of methoxy groups -OCH3 is 2. The average Bonchev–Trinajstić information content (AvgIpc) is 2.87. The van der Waals surface area contributed by atoms with Gasteiger partial charge in [-0.25, -0.2) is 4.39 Å². The number of nitrogens with zero attached hydrogens (tertiary/aromatic N) is 2. The Hall–Kier alpha value is -3.04. The first kappa shape index (κ1) is 26.0. The van der Waals surface area contributed by atoms with Crippen molar-refractivity contribution in [2.75, 3.05) is 14.2 Å². The number of hydrogen-bond donors (Lipinski definition) is 0. The van der Waals surface area contributed by atoms with Crippen LogP contribution in [0.2, 0.25) is 0 Å². The SMILES string of the molecule is COc1cc2nc(c1)C(C)(C)c1cc(OC)cc(n1)-c1[c-]c(cc(F)c1)C(C)(C)c1[c-]c-2ccc1.[Pt+2]. The van der Waals surface area contributed by atoms with Gasteiger partial charge in [0.1, 0.15) is 11.5 Å². The van der Waals surface area contributed by atoms with E-state index in [1.807, 2.05) is 56.3 Å². The molecule has 0 atom stereocenters. The van der Waals surface area contributed by atoms with Crippen LogP contribution in [-0.2, 0) is 31.9 Å². The van der Waals surface area contributed by atoms with Gasteiger partial charge in [-0.2, -0.15) is 0 Å². The fourth-order valence-electron chi connectivity index (χ4n) is 4.43. The Labute approximate surface area is 226 Å². The van der Waals surface area contributed by atoms with Gasteiger partial charge >= 0.3 is 21.1 Å². The van der Waals surface area contributed by atoms with Crippen LogP contribution in [0.5, 0.6) is 11.5 Å². The molecule has 186 valence electrons. The van der Waals surface area contributed by atoms with Gasteiger partial charge in [-0.3, -0.25) is 0 Å². The van der Waals surface area contributed by atoms with Crippen LogP contribution in [0.4, 0.5) is 4.39 Å². The molecular formula is C30H27FN2O2Pt. The average molecular weight is 662 g/mol. The number of fused-ring (bicyclic) bond motifs is 10. The Kier molecular flexibility index (Phi) is 6.83. The third-order valence-corrected chi connectivity index (χ3v) is 6.88. The first-order chi connectivity index (χ1) is 16.6. The van der Waals surface area contributed by atoms with E-state index in [2.05, 4.69) is 26.0 Å². The number of pyridine rings is 2. The molecule has 0 aliphatic carbocycles. The third-order valence-electron chi connectivity index (χ3n) is 6.88. The first-order valence-electron chi connectivity index (χ1n) is 11.5.